The summed E-state index contributed by atoms with van der Waals surface area (Å²) in [5, 5.41) is 2.88. The van der Waals surface area contributed by atoms with Gasteiger partial charge in [0, 0.05) is 6.04 Å². The van der Waals surface area contributed by atoms with Crippen molar-refractivity contribution in [3.63, 3.8) is 0 Å². The summed E-state index contributed by atoms with van der Waals surface area (Å²) in [6, 6.07) is -0.429. The maximum absolute atomic E-state index is 12.7. The van der Waals surface area contributed by atoms with Crippen molar-refractivity contribution in [1.29, 1.82) is 0 Å². The number of carbonyl (C=O) groups is 2. The zero-order chi connectivity index (χ0) is 14.9. The van der Waals surface area contributed by atoms with E-state index in [1.807, 2.05) is 25.7 Å². The van der Waals surface area contributed by atoms with Crippen LogP contribution in [0.2, 0.25) is 0 Å². The Labute approximate surface area is 121 Å². The van der Waals surface area contributed by atoms with Gasteiger partial charge < -0.3 is 15.1 Å². The van der Waals surface area contributed by atoms with Crippen LogP contribution in [0, 0.1) is 5.92 Å². The van der Waals surface area contributed by atoms with Crippen molar-refractivity contribution in [1.82, 2.24) is 15.1 Å². The molecule has 2 heterocycles. The molecule has 0 aliphatic carbocycles. The number of likely N-dealkylation sites (tertiary alicyclic amines) is 1. The molecule has 2 fully saturated rings. The highest BCUT2D eigenvalue weighted by Crippen LogP contribution is 2.26. The normalized spacial score (nSPS) is 29.9. The third-order valence-corrected chi connectivity index (χ3v) is 4.56. The first kappa shape index (κ1) is 15.3. The van der Waals surface area contributed by atoms with Crippen molar-refractivity contribution in [2.24, 2.45) is 5.92 Å². The lowest BCUT2D eigenvalue weighted by molar-refractivity contribution is -0.155. The van der Waals surface area contributed by atoms with E-state index in [0.717, 1.165) is 25.9 Å². The van der Waals surface area contributed by atoms with Gasteiger partial charge in [0.15, 0.2) is 0 Å². The molecule has 0 aromatic carbocycles. The van der Waals surface area contributed by atoms with Gasteiger partial charge in [-0.25, -0.2) is 0 Å². The molecule has 2 saturated heterocycles. The second kappa shape index (κ2) is 6.12. The minimum Gasteiger partial charge on any atom is -0.343 e. The molecular weight excluding hydrogens is 254 g/mol. The molecule has 2 aliphatic rings. The number of hydrogen-bond donors (Lipinski definition) is 1. The zero-order valence-corrected chi connectivity index (χ0v) is 13.1. The lowest BCUT2D eigenvalue weighted by Gasteiger charge is -2.47. The third kappa shape index (κ3) is 2.82. The molecule has 2 amide bonds. The van der Waals surface area contributed by atoms with E-state index < -0.39 is 0 Å². The van der Waals surface area contributed by atoms with E-state index in [9.17, 15) is 9.59 Å². The van der Waals surface area contributed by atoms with Gasteiger partial charge in [-0.05, 0) is 45.3 Å². The number of amides is 2. The SMILES string of the molecule is CCC1NC(=O)C(C(C)C)N(C2CCN(C)CC2)C1=O. The summed E-state index contributed by atoms with van der Waals surface area (Å²) in [5.41, 5.74) is 0. The molecule has 5 heteroatoms. The fourth-order valence-electron chi connectivity index (χ4n) is 3.34. The van der Waals surface area contributed by atoms with Crippen molar-refractivity contribution in [3.8, 4) is 0 Å². The van der Waals surface area contributed by atoms with Gasteiger partial charge in [-0.2, -0.15) is 0 Å². The summed E-state index contributed by atoms with van der Waals surface area (Å²) in [6.45, 7) is 7.98. The lowest BCUT2D eigenvalue weighted by atomic mass is 9.91. The van der Waals surface area contributed by atoms with Gasteiger partial charge >= 0.3 is 0 Å². The van der Waals surface area contributed by atoms with Gasteiger partial charge in [0.2, 0.25) is 11.8 Å². The van der Waals surface area contributed by atoms with Crippen LogP contribution in [-0.2, 0) is 9.59 Å². The van der Waals surface area contributed by atoms with E-state index in [1.54, 1.807) is 0 Å². The van der Waals surface area contributed by atoms with Crippen molar-refractivity contribution >= 4 is 11.8 Å². The van der Waals surface area contributed by atoms with Crippen LogP contribution in [0.15, 0.2) is 0 Å². The molecule has 0 bridgehead atoms. The molecule has 20 heavy (non-hydrogen) atoms. The number of piperidine rings is 1. The predicted octanol–water partition coefficient (Wildman–Crippen LogP) is 0.842. The number of piperazine rings is 1. The first-order chi connectivity index (χ1) is 9.45. The Morgan fingerprint density at radius 3 is 2.35 bits per heavy atom. The molecule has 0 aromatic rings. The largest absolute Gasteiger partial charge is 0.343 e. The molecule has 2 aliphatic heterocycles. The van der Waals surface area contributed by atoms with Crippen LogP contribution in [0.3, 0.4) is 0 Å². The lowest BCUT2D eigenvalue weighted by Crippen LogP contribution is -2.67. The second-order valence-electron chi connectivity index (χ2n) is 6.44. The Morgan fingerprint density at radius 1 is 1.25 bits per heavy atom. The minimum absolute atomic E-state index is 0.0189. The Kier molecular flexibility index (Phi) is 4.68. The number of nitrogens with zero attached hydrogens (tertiary/aromatic N) is 2. The fraction of sp³-hybridized carbons (Fsp3) is 0.867. The van der Waals surface area contributed by atoms with Gasteiger partial charge in [-0.1, -0.05) is 20.8 Å². The Hall–Kier alpha value is -1.10. The molecular formula is C15H27N3O2. The highest BCUT2D eigenvalue weighted by Gasteiger charge is 2.44. The highest BCUT2D eigenvalue weighted by molar-refractivity contribution is 5.97. The quantitative estimate of drug-likeness (QED) is 0.834. The van der Waals surface area contributed by atoms with Gasteiger partial charge in [-0.15, -0.1) is 0 Å². The number of nitrogens with one attached hydrogen (secondary N) is 1. The molecule has 0 spiro atoms. The van der Waals surface area contributed by atoms with Crippen LogP contribution in [0.5, 0.6) is 0 Å². The standard InChI is InChI=1S/C15H27N3O2/c1-5-12-15(20)18(11-6-8-17(4)9-7-11)13(10(2)3)14(19)16-12/h10-13H,5-9H2,1-4H3,(H,16,19). The molecule has 0 saturated carbocycles. The molecule has 5 nitrogen and oxygen atoms in total. The summed E-state index contributed by atoms with van der Waals surface area (Å²) in [6.07, 6.45) is 2.60. The van der Waals surface area contributed by atoms with Crippen molar-refractivity contribution in [2.45, 2.75) is 58.2 Å². The molecule has 0 aromatic heterocycles. The summed E-state index contributed by atoms with van der Waals surface area (Å²) < 4.78 is 0. The first-order valence-corrected chi connectivity index (χ1v) is 7.76. The van der Waals surface area contributed by atoms with E-state index in [-0.39, 0.29) is 35.9 Å². The first-order valence-electron chi connectivity index (χ1n) is 7.76. The van der Waals surface area contributed by atoms with Crippen LogP contribution in [0.25, 0.3) is 0 Å². The molecule has 114 valence electrons. The maximum Gasteiger partial charge on any atom is 0.246 e. The van der Waals surface area contributed by atoms with Crippen LogP contribution in [0.1, 0.15) is 40.0 Å². The number of carbonyl (C=O) groups excluding carboxylic acids is 2. The molecule has 1 N–H and O–H groups in total. The number of rotatable bonds is 3. The smallest absolute Gasteiger partial charge is 0.246 e. The average molecular weight is 281 g/mol. The van der Waals surface area contributed by atoms with Crippen molar-refractivity contribution in [3.05, 3.63) is 0 Å². The summed E-state index contributed by atoms with van der Waals surface area (Å²) in [4.78, 5) is 29.2. The molecule has 0 radical (unpaired) electrons. The Morgan fingerprint density at radius 2 is 1.85 bits per heavy atom. The molecule has 2 unspecified atom stereocenters. The maximum atomic E-state index is 12.7. The summed E-state index contributed by atoms with van der Waals surface area (Å²) >= 11 is 0. The Balaban J connectivity index is 2.22. The van der Waals surface area contributed by atoms with Gasteiger partial charge in [0.25, 0.3) is 0 Å². The van der Waals surface area contributed by atoms with Crippen LogP contribution in [0.4, 0.5) is 0 Å². The van der Waals surface area contributed by atoms with Gasteiger partial charge in [0.05, 0.1) is 0 Å². The predicted molar refractivity (Wildman–Crippen MR) is 78.2 cm³/mol. The summed E-state index contributed by atoms with van der Waals surface area (Å²) in [5.74, 6) is 0.280. The minimum atomic E-state index is -0.336. The monoisotopic (exact) mass is 281 g/mol. The molecule has 2 atom stereocenters. The Bertz CT molecular complexity index is 375. The highest BCUT2D eigenvalue weighted by atomic mass is 16.2. The number of hydrogen-bond acceptors (Lipinski definition) is 3. The van der Waals surface area contributed by atoms with Crippen LogP contribution in [-0.4, -0.2) is 59.9 Å². The van der Waals surface area contributed by atoms with E-state index >= 15 is 0 Å². The molecule has 2 rings (SSSR count). The van der Waals surface area contributed by atoms with E-state index in [4.69, 9.17) is 0 Å². The van der Waals surface area contributed by atoms with Gasteiger partial charge in [-0.3, -0.25) is 9.59 Å². The van der Waals surface area contributed by atoms with Gasteiger partial charge in [0.1, 0.15) is 12.1 Å². The summed E-state index contributed by atoms with van der Waals surface area (Å²) in [7, 11) is 2.11. The fourth-order valence-corrected chi connectivity index (χ4v) is 3.34. The average Bonchev–Trinajstić information content (AvgIpc) is 2.41. The van der Waals surface area contributed by atoms with E-state index in [1.165, 1.54) is 0 Å². The second-order valence-corrected chi connectivity index (χ2v) is 6.44. The van der Waals surface area contributed by atoms with Crippen molar-refractivity contribution in [2.75, 3.05) is 20.1 Å². The van der Waals surface area contributed by atoms with Crippen molar-refractivity contribution < 1.29 is 9.59 Å². The van der Waals surface area contributed by atoms with E-state index in [2.05, 4.69) is 17.3 Å². The van der Waals surface area contributed by atoms with E-state index in [0.29, 0.717) is 6.42 Å². The van der Waals surface area contributed by atoms with Crippen LogP contribution < -0.4 is 5.32 Å². The topological polar surface area (TPSA) is 52.7 Å². The van der Waals surface area contributed by atoms with Crippen LogP contribution >= 0.6 is 0 Å². The third-order valence-electron chi connectivity index (χ3n) is 4.56. The zero-order valence-electron chi connectivity index (χ0n) is 13.1.